The van der Waals surface area contributed by atoms with Crippen LogP contribution >= 0.6 is 17.2 Å². The first-order valence-corrected chi connectivity index (χ1v) is 15.9. The Morgan fingerprint density at radius 2 is 0.756 bits per heavy atom. The predicted molar refractivity (Wildman–Crippen MR) is 178 cm³/mol. The Bertz CT molecular complexity index is 1840. The summed E-state index contributed by atoms with van der Waals surface area (Å²) in [6.45, 7) is 0. The summed E-state index contributed by atoms with van der Waals surface area (Å²) in [6.07, 6.45) is -2.72. The summed E-state index contributed by atoms with van der Waals surface area (Å²) < 4.78 is 87.6. The molecule has 0 fully saturated rings. The van der Waals surface area contributed by atoms with E-state index in [1.165, 1.54) is 18.2 Å². The van der Waals surface area contributed by atoms with Crippen LogP contribution in [0.5, 0.6) is 0 Å². The summed E-state index contributed by atoms with van der Waals surface area (Å²) in [5.74, 6) is -6.87. The molecule has 0 bridgehead atoms. The largest absolute Gasteiger partial charge is 0.204 e. The molecule has 0 spiro atoms. The van der Waals surface area contributed by atoms with Crippen LogP contribution in [0.1, 0.15) is 0 Å². The molecule has 0 aromatic heterocycles. The van der Waals surface area contributed by atoms with Crippen molar-refractivity contribution in [2.24, 2.45) is 0 Å². The molecule has 0 amide bonds. The Morgan fingerprint density at radius 3 is 1.11 bits per heavy atom. The van der Waals surface area contributed by atoms with Crippen molar-refractivity contribution in [3.8, 4) is 0 Å². The summed E-state index contributed by atoms with van der Waals surface area (Å²) >= 11 is 0. The lowest BCUT2D eigenvalue weighted by Crippen LogP contribution is -2.75. The molecule has 6 aromatic rings. The molecule has 0 aliphatic carbocycles. The molecule has 9 heteroatoms. The molecule has 0 aliphatic heterocycles. The third kappa shape index (κ3) is 5.72. The summed E-state index contributed by atoms with van der Waals surface area (Å²) in [6, 6.07) is 35.2. The molecule has 1 unspecified atom stereocenters. The molecule has 6 aromatic carbocycles. The van der Waals surface area contributed by atoms with Gasteiger partial charge in [-0.3, -0.25) is 0 Å². The van der Waals surface area contributed by atoms with Gasteiger partial charge in [-0.2, -0.15) is 21.9 Å². The summed E-state index contributed by atoms with van der Waals surface area (Å²) in [4.78, 5) is 0. The first-order chi connectivity index (χ1) is 21.7. The highest BCUT2D eigenvalue weighted by atomic mass is 31.1. The lowest BCUT2D eigenvalue weighted by Gasteiger charge is -2.44. The van der Waals surface area contributed by atoms with Gasteiger partial charge in [0.05, 0.1) is 0 Å². The lowest BCUT2D eigenvalue weighted by molar-refractivity contribution is 0.509. The van der Waals surface area contributed by atoms with Crippen molar-refractivity contribution in [1.29, 1.82) is 0 Å². The van der Waals surface area contributed by atoms with Gasteiger partial charge >= 0.3 is 0 Å². The van der Waals surface area contributed by atoms with Crippen LogP contribution in [0.4, 0.5) is 26.3 Å². The van der Waals surface area contributed by atoms with E-state index >= 15 is 0 Å². The van der Waals surface area contributed by atoms with Crippen LogP contribution in [0.25, 0.3) is 0 Å². The fraction of sp³-hybridized carbons (Fsp3) is 0. The van der Waals surface area contributed by atoms with E-state index in [1.54, 1.807) is 6.07 Å². The lowest BCUT2D eigenvalue weighted by atomic mass is 9.13. The molecule has 1 atom stereocenters. The van der Waals surface area contributed by atoms with Crippen LogP contribution in [0.15, 0.2) is 133 Å². The fourth-order valence-electron chi connectivity index (χ4n) is 6.13. The van der Waals surface area contributed by atoms with Crippen LogP contribution in [0.2, 0.25) is 0 Å². The molecule has 0 saturated heterocycles. The van der Waals surface area contributed by atoms with Gasteiger partial charge in [-0.05, 0) is 47.3 Å². The average Bonchev–Trinajstić information content (AvgIpc) is 3.04. The van der Waals surface area contributed by atoms with Gasteiger partial charge in [0, 0.05) is 0 Å². The van der Waals surface area contributed by atoms with Gasteiger partial charge in [-0.25, -0.2) is 26.3 Å². The smallest absolute Gasteiger partial charge is 0.158 e. The second-order valence-electron chi connectivity index (χ2n) is 10.7. The van der Waals surface area contributed by atoms with E-state index in [-0.39, 0.29) is 16.4 Å². The Hall–Kier alpha value is -4.18. The molecule has 0 saturated carbocycles. The van der Waals surface area contributed by atoms with Gasteiger partial charge in [0.2, 0.25) is 0 Å². The molecule has 45 heavy (non-hydrogen) atoms. The number of hydrogen-bond donors (Lipinski definition) is 0. The molecule has 0 nitrogen and oxygen atoms in total. The minimum absolute atomic E-state index is 0.163. The second kappa shape index (κ2) is 12.7. The van der Waals surface area contributed by atoms with Crippen LogP contribution in [0, 0.1) is 34.9 Å². The topological polar surface area (TPSA) is 0 Å². The van der Waals surface area contributed by atoms with Crippen molar-refractivity contribution in [3.05, 3.63) is 168 Å². The van der Waals surface area contributed by atoms with Crippen molar-refractivity contribution in [2.45, 2.75) is 0 Å². The van der Waals surface area contributed by atoms with Crippen LogP contribution < -0.4 is 43.1 Å². The third-order valence-electron chi connectivity index (χ3n) is 8.15. The Balaban J connectivity index is 1.67. The maximum Gasteiger partial charge on any atom is 0.158 e. The van der Waals surface area contributed by atoms with Gasteiger partial charge in [0.15, 0.2) is 34.9 Å². The van der Waals surface area contributed by atoms with Crippen molar-refractivity contribution in [1.82, 2.24) is 0 Å². The second-order valence-corrected chi connectivity index (χ2v) is 13.5. The third-order valence-corrected chi connectivity index (χ3v) is 11.4. The van der Waals surface area contributed by atoms with E-state index in [9.17, 15) is 26.3 Å². The maximum atomic E-state index is 14.9. The minimum Gasteiger partial charge on any atom is -0.204 e. The average molecular weight is 643 g/mol. The zero-order valence-electron chi connectivity index (χ0n) is 23.6. The molecule has 0 N–H and O–H groups in total. The first-order valence-electron chi connectivity index (χ1n) is 14.0. The van der Waals surface area contributed by atoms with Crippen LogP contribution in [0.3, 0.4) is 0 Å². The minimum atomic E-state index is -2.72. The monoisotopic (exact) mass is 643 g/mol. The summed E-state index contributed by atoms with van der Waals surface area (Å²) in [7, 11) is 1.69. The van der Waals surface area contributed by atoms with Gasteiger partial charge in [-0.1, -0.05) is 115 Å². The van der Waals surface area contributed by atoms with Crippen LogP contribution in [-0.2, 0) is 0 Å². The number of halogens is 6. The highest BCUT2D eigenvalue weighted by Gasteiger charge is 2.34. The molecule has 0 heterocycles. The molecule has 0 aliphatic rings. The van der Waals surface area contributed by atoms with Gasteiger partial charge in [0.25, 0.3) is 0 Å². The molecule has 6 rings (SSSR count). The molecule has 224 valence electrons. The van der Waals surface area contributed by atoms with E-state index in [2.05, 4.69) is 33.5 Å². The SMILES string of the molecule is Fc1ccc([B-](c2ccc(F)c(F)c2)(c2ccc(F)c(F)c2)c2ccc(P(c3ccccc3)c3ccccc3)c(P)c2)cc1F. The Kier molecular flexibility index (Phi) is 8.68. The van der Waals surface area contributed by atoms with Crippen molar-refractivity contribution in [3.63, 3.8) is 0 Å². The van der Waals surface area contributed by atoms with E-state index in [1.807, 2.05) is 48.5 Å². The van der Waals surface area contributed by atoms with E-state index in [0.29, 0.717) is 5.46 Å². The predicted octanol–water partition coefficient (Wildman–Crippen LogP) is 5.16. The van der Waals surface area contributed by atoms with Gasteiger partial charge < -0.3 is 0 Å². The van der Waals surface area contributed by atoms with E-state index < -0.39 is 49.0 Å². The fourth-order valence-corrected chi connectivity index (χ4v) is 9.14. The highest BCUT2D eigenvalue weighted by molar-refractivity contribution is 7.80. The zero-order chi connectivity index (χ0) is 31.7. The zero-order valence-corrected chi connectivity index (χ0v) is 25.6. The Morgan fingerprint density at radius 1 is 0.400 bits per heavy atom. The number of benzene rings is 6. The maximum absolute atomic E-state index is 14.9. The normalized spacial score (nSPS) is 11.6. The molecule has 0 radical (unpaired) electrons. The van der Waals surface area contributed by atoms with E-state index in [4.69, 9.17) is 0 Å². The summed E-state index contributed by atoms with van der Waals surface area (Å²) in [5.41, 5.74) is 0.965. The van der Waals surface area contributed by atoms with Crippen molar-refractivity contribution in [2.75, 3.05) is 0 Å². The quantitative estimate of drug-likeness (QED) is 0.128. The Labute approximate surface area is 260 Å². The summed E-state index contributed by atoms with van der Waals surface area (Å²) in [5, 5.41) is 3.91. The first kappa shape index (κ1) is 30.8. The van der Waals surface area contributed by atoms with Crippen LogP contribution in [-0.4, -0.2) is 6.15 Å². The molecular weight excluding hydrogens is 619 g/mol. The number of hydrogen-bond acceptors (Lipinski definition) is 0. The molecular formula is C36H24BF6P2-. The van der Waals surface area contributed by atoms with Crippen molar-refractivity contribution >= 4 is 66.4 Å². The number of rotatable bonds is 7. The van der Waals surface area contributed by atoms with Gasteiger partial charge in [-0.15, -0.1) is 9.24 Å². The standard InChI is InChI=1S/C36H24BF6P2/c38-29-15-11-23(19-32(29)41)37(24-12-16-30(39)33(42)20-24,25-13-17-31(40)34(43)21-25)26-14-18-36(35(44)22-26)45(27-7-3-1-4-8-27)28-9-5-2-6-10-28/h1-22H,44H2/q-1. The van der Waals surface area contributed by atoms with Crippen molar-refractivity contribution < 1.29 is 26.3 Å². The van der Waals surface area contributed by atoms with E-state index in [0.717, 1.165) is 57.6 Å². The highest BCUT2D eigenvalue weighted by Crippen LogP contribution is 2.32. The van der Waals surface area contributed by atoms with Gasteiger partial charge in [0.1, 0.15) is 6.15 Å².